The maximum atomic E-state index is 12.7. The minimum atomic E-state index is -0.903. The molecular formula is C14H12FN3O3. The second-order valence-corrected chi connectivity index (χ2v) is 4.01. The quantitative estimate of drug-likeness (QED) is 0.503. The molecule has 6 nitrogen and oxygen atoms in total. The molecule has 2 N–H and O–H groups in total. The zero-order valence-electron chi connectivity index (χ0n) is 10.9. The van der Waals surface area contributed by atoms with E-state index >= 15 is 0 Å². The molecule has 0 atom stereocenters. The van der Waals surface area contributed by atoms with Crippen LogP contribution in [0.3, 0.4) is 0 Å². The van der Waals surface area contributed by atoms with Crippen molar-refractivity contribution in [3.63, 3.8) is 0 Å². The largest absolute Gasteiger partial charge is 0.467 e. The number of nitrogens with zero attached hydrogens (tertiary/aromatic N) is 1. The summed E-state index contributed by atoms with van der Waals surface area (Å²) in [7, 11) is 0. The monoisotopic (exact) mass is 289 g/mol. The molecule has 0 aliphatic rings. The van der Waals surface area contributed by atoms with Crippen LogP contribution in [0.1, 0.15) is 11.3 Å². The molecule has 0 saturated heterocycles. The van der Waals surface area contributed by atoms with Crippen molar-refractivity contribution in [3.8, 4) is 0 Å². The maximum absolute atomic E-state index is 12.7. The van der Waals surface area contributed by atoms with Crippen LogP contribution in [0.2, 0.25) is 0 Å². The molecule has 21 heavy (non-hydrogen) atoms. The smallest absolute Gasteiger partial charge is 0.329 e. The van der Waals surface area contributed by atoms with Crippen LogP contribution < -0.4 is 10.7 Å². The predicted octanol–water partition coefficient (Wildman–Crippen LogP) is 1.19. The van der Waals surface area contributed by atoms with Crippen LogP contribution in [0.5, 0.6) is 0 Å². The maximum Gasteiger partial charge on any atom is 0.329 e. The number of benzene rings is 1. The van der Waals surface area contributed by atoms with Gasteiger partial charge in [0.05, 0.1) is 19.0 Å². The molecule has 0 aliphatic heterocycles. The number of carbonyl (C=O) groups excluding carboxylic acids is 2. The van der Waals surface area contributed by atoms with Gasteiger partial charge in [0, 0.05) is 0 Å². The molecule has 7 heteroatoms. The molecule has 0 fully saturated rings. The van der Waals surface area contributed by atoms with E-state index in [0.29, 0.717) is 11.3 Å². The number of hydrogen-bond acceptors (Lipinski definition) is 4. The number of hydrazone groups is 1. The van der Waals surface area contributed by atoms with E-state index in [9.17, 15) is 14.0 Å². The average molecular weight is 289 g/mol. The third kappa shape index (κ3) is 4.57. The summed E-state index contributed by atoms with van der Waals surface area (Å²) >= 11 is 0. The van der Waals surface area contributed by atoms with Gasteiger partial charge in [-0.15, -0.1) is 0 Å². The molecule has 0 spiro atoms. The lowest BCUT2D eigenvalue weighted by Gasteiger charge is -2.01. The first-order chi connectivity index (χ1) is 10.1. The number of amides is 2. The summed E-state index contributed by atoms with van der Waals surface area (Å²) in [6, 6.07) is 8.85. The summed E-state index contributed by atoms with van der Waals surface area (Å²) in [5.74, 6) is -1.57. The molecule has 0 aliphatic carbocycles. The summed E-state index contributed by atoms with van der Waals surface area (Å²) in [5, 5.41) is 5.98. The Labute approximate surface area is 119 Å². The Morgan fingerprint density at radius 2 is 1.95 bits per heavy atom. The molecule has 0 unspecified atom stereocenters. The van der Waals surface area contributed by atoms with Crippen LogP contribution in [0, 0.1) is 5.82 Å². The van der Waals surface area contributed by atoms with Gasteiger partial charge in [0.1, 0.15) is 11.6 Å². The van der Waals surface area contributed by atoms with Crippen molar-refractivity contribution in [2.24, 2.45) is 5.10 Å². The van der Waals surface area contributed by atoms with E-state index in [0.717, 1.165) is 0 Å². The summed E-state index contributed by atoms with van der Waals surface area (Å²) in [6.45, 7) is 0.112. The Hall–Kier alpha value is -2.96. The van der Waals surface area contributed by atoms with E-state index in [-0.39, 0.29) is 12.4 Å². The number of rotatable bonds is 4. The van der Waals surface area contributed by atoms with Crippen LogP contribution >= 0.6 is 0 Å². The minimum Gasteiger partial charge on any atom is -0.467 e. The first-order valence-corrected chi connectivity index (χ1v) is 6.04. The van der Waals surface area contributed by atoms with Gasteiger partial charge in [0.25, 0.3) is 0 Å². The number of furan rings is 1. The third-order valence-electron chi connectivity index (χ3n) is 2.46. The fourth-order valence-corrected chi connectivity index (χ4v) is 1.43. The average Bonchev–Trinajstić information content (AvgIpc) is 3.00. The predicted molar refractivity (Wildman–Crippen MR) is 72.7 cm³/mol. The lowest BCUT2D eigenvalue weighted by Crippen LogP contribution is -2.37. The van der Waals surface area contributed by atoms with Gasteiger partial charge in [0.2, 0.25) is 0 Å². The van der Waals surface area contributed by atoms with Crippen molar-refractivity contribution in [2.75, 3.05) is 0 Å². The lowest BCUT2D eigenvalue weighted by atomic mass is 10.2. The molecule has 1 aromatic heterocycles. The summed E-state index contributed by atoms with van der Waals surface area (Å²) < 4.78 is 17.7. The Morgan fingerprint density at radius 1 is 1.19 bits per heavy atom. The second kappa shape index (κ2) is 6.99. The van der Waals surface area contributed by atoms with Gasteiger partial charge in [-0.2, -0.15) is 5.10 Å². The zero-order valence-corrected chi connectivity index (χ0v) is 10.9. The Balaban J connectivity index is 1.78. The molecule has 0 radical (unpaired) electrons. The molecule has 2 amide bonds. The fraction of sp³-hybridized carbons (Fsp3) is 0.0714. The highest BCUT2D eigenvalue weighted by atomic mass is 19.1. The summed E-state index contributed by atoms with van der Waals surface area (Å²) in [5.41, 5.74) is 2.66. The van der Waals surface area contributed by atoms with E-state index in [4.69, 9.17) is 4.42 Å². The number of carbonyl (C=O) groups is 2. The highest BCUT2D eigenvalue weighted by Crippen LogP contribution is 1.99. The van der Waals surface area contributed by atoms with Crippen LogP contribution in [0.25, 0.3) is 0 Å². The van der Waals surface area contributed by atoms with E-state index in [1.54, 1.807) is 12.1 Å². The molecule has 2 aromatic rings. The van der Waals surface area contributed by atoms with Crippen LogP contribution in [0.15, 0.2) is 52.2 Å². The van der Waals surface area contributed by atoms with Gasteiger partial charge in [-0.1, -0.05) is 12.1 Å². The van der Waals surface area contributed by atoms with E-state index in [2.05, 4.69) is 15.8 Å². The van der Waals surface area contributed by atoms with Crippen molar-refractivity contribution in [2.45, 2.75) is 6.54 Å². The van der Waals surface area contributed by atoms with Crippen molar-refractivity contribution < 1.29 is 18.4 Å². The number of nitrogens with one attached hydrogen (secondary N) is 2. The Kier molecular flexibility index (Phi) is 4.81. The molecule has 2 rings (SSSR count). The summed E-state index contributed by atoms with van der Waals surface area (Å²) in [6.07, 6.45) is 2.77. The fourth-order valence-electron chi connectivity index (χ4n) is 1.43. The van der Waals surface area contributed by atoms with E-state index in [1.807, 2.05) is 0 Å². The van der Waals surface area contributed by atoms with Crippen LogP contribution in [0.4, 0.5) is 4.39 Å². The standard InChI is InChI=1S/C14H12FN3O3/c15-11-5-3-10(4-6-11)8-17-18-14(20)13(19)16-9-12-2-1-7-21-12/h1-8H,9H2,(H,16,19)(H,18,20)/b17-8+. The lowest BCUT2D eigenvalue weighted by molar-refractivity contribution is -0.139. The van der Waals surface area contributed by atoms with Crippen LogP contribution in [-0.2, 0) is 16.1 Å². The first-order valence-electron chi connectivity index (χ1n) is 6.04. The van der Waals surface area contributed by atoms with E-state index < -0.39 is 11.8 Å². The second-order valence-electron chi connectivity index (χ2n) is 4.01. The normalized spacial score (nSPS) is 10.5. The van der Waals surface area contributed by atoms with Crippen molar-refractivity contribution in [1.82, 2.24) is 10.7 Å². The zero-order chi connectivity index (χ0) is 15.1. The summed E-state index contributed by atoms with van der Waals surface area (Å²) in [4.78, 5) is 22.9. The highest BCUT2D eigenvalue weighted by Gasteiger charge is 2.12. The van der Waals surface area contributed by atoms with Crippen molar-refractivity contribution in [3.05, 3.63) is 59.8 Å². The van der Waals surface area contributed by atoms with Crippen LogP contribution in [-0.4, -0.2) is 18.0 Å². The van der Waals surface area contributed by atoms with Crippen molar-refractivity contribution in [1.29, 1.82) is 0 Å². The highest BCUT2D eigenvalue weighted by molar-refractivity contribution is 6.35. The van der Waals surface area contributed by atoms with Gasteiger partial charge >= 0.3 is 11.8 Å². The Morgan fingerprint density at radius 3 is 2.62 bits per heavy atom. The minimum absolute atomic E-state index is 0.112. The number of hydrogen-bond donors (Lipinski definition) is 2. The van der Waals surface area contributed by atoms with E-state index in [1.165, 1.54) is 36.7 Å². The van der Waals surface area contributed by atoms with Gasteiger partial charge in [-0.05, 0) is 29.8 Å². The Bertz CT molecular complexity index is 636. The van der Waals surface area contributed by atoms with Gasteiger partial charge in [0.15, 0.2) is 0 Å². The van der Waals surface area contributed by atoms with Crippen molar-refractivity contribution >= 4 is 18.0 Å². The molecule has 1 heterocycles. The SMILES string of the molecule is O=C(NCc1ccco1)C(=O)N/N=C/c1ccc(F)cc1. The molecule has 108 valence electrons. The molecular weight excluding hydrogens is 277 g/mol. The van der Waals surface area contributed by atoms with Gasteiger partial charge in [-0.3, -0.25) is 9.59 Å². The van der Waals surface area contributed by atoms with Gasteiger partial charge < -0.3 is 9.73 Å². The molecule has 0 saturated carbocycles. The topological polar surface area (TPSA) is 83.7 Å². The first kappa shape index (κ1) is 14.4. The molecule has 1 aromatic carbocycles. The number of halogens is 1. The molecule has 0 bridgehead atoms. The van der Waals surface area contributed by atoms with Gasteiger partial charge in [-0.25, -0.2) is 9.82 Å². The third-order valence-corrected chi connectivity index (χ3v) is 2.46.